The highest BCUT2D eigenvalue weighted by Crippen LogP contribution is 2.45. The Morgan fingerprint density at radius 1 is 1.29 bits per heavy atom. The fourth-order valence-electron chi connectivity index (χ4n) is 4.23. The molecule has 0 amide bonds. The Morgan fingerprint density at radius 3 is 2.65 bits per heavy atom. The molecule has 3 aromatic heterocycles. The van der Waals surface area contributed by atoms with Crippen LogP contribution >= 0.6 is 12.4 Å². The molecule has 3 aromatic rings. The summed E-state index contributed by atoms with van der Waals surface area (Å²) in [5, 5.41) is 23.8. The monoisotopic (exact) mass is 440 g/mol. The number of hydrogen-bond acceptors (Lipinski definition) is 7. The summed E-state index contributed by atoms with van der Waals surface area (Å²) in [6.45, 7) is 5.44. The number of ether oxygens (including phenoxy) is 1. The molecule has 2 fully saturated rings. The van der Waals surface area contributed by atoms with E-state index < -0.39 is 5.60 Å². The highest BCUT2D eigenvalue weighted by atomic mass is 35.5. The zero-order chi connectivity index (χ0) is 21.0. The van der Waals surface area contributed by atoms with Gasteiger partial charge in [-0.3, -0.25) is 0 Å². The van der Waals surface area contributed by atoms with Crippen LogP contribution in [0, 0.1) is 23.2 Å². The van der Waals surface area contributed by atoms with Crippen LogP contribution < -0.4 is 15.4 Å². The van der Waals surface area contributed by atoms with E-state index in [1.807, 2.05) is 24.4 Å². The lowest BCUT2D eigenvalue weighted by Gasteiger charge is -2.20. The van der Waals surface area contributed by atoms with Crippen molar-refractivity contribution in [2.45, 2.75) is 25.5 Å². The van der Waals surface area contributed by atoms with Crippen LogP contribution in [0.2, 0.25) is 0 Å². The summed E-state index contributed by atoms with van der Waals surface area (Å²) in [6, 6.07) is 8.44. The minimum atomic E-state index is -0.959. The Labute approximate surface area is 186 Å². The van der Waals surface area contributed by atoms with Gasteiger partial charge in [-0.1, -0.05) is 0 Å². The SMILES string of the molecule is CC(C)(O)COc1cc(-c2ccc(N3C[C@@H]4C(N)[C@@H]4C3)nc2)c2c(C#N)cnn2c1.Cl. The molecular weight excluding hydrogens is 416 g/mol. The number of aliphatic hydroxyl groups is 1. The molecule has 9 heteroatoms. The number of nitrogens with two attached hydrogens (primary N) is 1. The minimum absolute atomic E-state index is 0. The number of nitrogens with zero attached hydrogens (tertiary/aromatic N) is 5. The van der Waals surface area contributed by atoms with Gasteiger partial charge in [-0.15, -0.1) is 12.4 Å². The number of rotatable bonds is 5. The molecule has 8 nitrogen and oxygen atoms in total. The van der Waals surface area contributed by atoms with Crippen LogP contribution in [0.25, 0.3) is 16.6 Å². The number of nitriles is 1. The maximum Gasteiger partial charge on any atom is 0.138 e. The molecule has 31 heavy (non-hydrogen) atoms. The predicted octanol–water partition coefficient (Wildman–Crippen LogP) is 2.23. The molecule has 3 N–H and O–H groups in total. The number of hydrogen-bond donors (Lipinski definition) is 2. The first-order valence-electron chi connectivity index (χ1n) is 10.1. The lowest BCUT2D eigenvalue weighted by molar-refractivity contribution is 0.0283. The lowest BCUT2D eigenvalue weighted by atomic mass is 10.1. The van der Waals surface area contributed by atoms with Gasteiger partial charge >= 0.3 is 0 Å². The largest absolute Gasteiger partial charge is 0.489 e. The van der Waals surface area contributed by atoms with Gasteiger partial charge in [0.1, 0.15) is 24.2 Å². The van der Waals surface area contributed by atoms with Crippen molar-refractivity contribution < 1.29 is 9.84 Å². The van der Waals surface area contributed by atoms with Crippen molar-refractivity contribution in [3.63, 3.8) is 0 Å². The molecule has 1 aliphatic carbocycles. The molecule has 1 unspecified atom stereocenters. The first-order chi connectivity index (χ1) is 14.3. The van der Waals surface area contributed by atoms with Crippen molar-refractivity contribution >= 4 is 23.7 Å². The number of aromatic nitrogens is 3. The zero-order valence-corrected chi connectivity index (χ0v) is 18.2. The number of fused-ring (bicyclic) bond motifs is 2. The van der Waals surface area contributed by atoms with Crippen molar-refractivity contribution in [1.29, 1.82) is 5.26 Å². The summed E-state index contributed by atoms with van der Waals surface area (Å²) in [7, 11) is 0. The standard InChI is InChI=1S/C22H24N6O2.ClH/c1-22(2,29)12-30-15-5-16(21-14(6-23)8-26-28(21)9-15)13-3-4-19(25-7-13)27-10-17-18(11-27)20(17)24;/h3-5,7-9,17-18,20,29H,10-12,24H2,1-2H3;1H/t17-,18+,20?;. The Balaban J connectivity index is 0.00000231. The molecule has 0 aromatic carbocycles. The zero-order valence-electron chi connectivity index (χ0n) is 17.4. The lowest BCUT2D eigenvalue weighted by Crippen LogP contribution is -2.28. The smallest absolute Gasteiger partial charge is 0.138 e. The van der Waals surface area contributed by atoms with Crippen molar-refractivity contribution in [3.05, 3.63) is 42.4 Å². The Hall–Kier alpha value is -2.86. The van der Waals surface area contributed by atoms with Gasteiger partial charge in [-0.2, -0.15) is 10.4 Å². The molecule has 4 heterocycles. The van der Waals surface area contributed by atoms with Gasteiger partial charge in [-0.25, -0.2) is 9.50 Å². The molecule has 5 rings (SSSR count). The molecule has 0 bridgehead atoms. The second kappa shape index (κ2) is 7.68. The quantitative estimate of drug-likeness (QED) is 0.625. The van der Waals surface area contributed by atoms with Crippen LogP contribution in [-0.4, -0.2) is 51.0 Å². The average molecular weight is 441 g/mol. The predicted molar refractivity (Wildman–Crippen MR) is 119 cm³/mol. The third-order valence-corrected chi connectivity index (χ3v) is 5.94. The Kier molecular flexibility index (Phi) is 5.30. The summed E-state index contributed by atoms with van der Waals surface area (Å²) >= 11 is 0. The molecule has 2 aliphatic rings. The van der Waals surface area contributed by atoms with Crippen LogP contribution in [0.4, 0.5) is 5.82 Å². The maximum absolute atomic E-state index is 9.98. The van der Waals surface area contributed by atoms with E-state index in [0.717, 1.165) is 30.0 Å². The van der Waals surface area contributed by atoms with Crippen molar-refractivity contribution in [2.24, 2.45) is 17.6 Å². The summed E-state index contributed by atoms with van der Waals surface area (Å²) in [6.07, 6.45) is 5.08. The fourth-order valence-corrected chi connectivity index (χ4v) is 4.23. The Morgan fingerprint density at radius 2 is 2.03 bits per heavy atom. The van der Waals surface area contributed by atoms with Crippen molar-refractivity contribution in [1.82, 2.24) is 14.6 Å². The molecule has 1 saturated heterocycles. The molecule has 3 atom stereocenters. The number of anilines is 1. The molecule has 0 spiro atoms. The van der Waals surface area contributed by atoms with E-state index in [9.17, 15) is 10.4 Å². The van der Waals surface area contributed by atoms with Crippen LogP contribution in [0.5, 0.6) is 5.75 Å². The summed E-state index contributed by atoms with van der Waals surface area (Å²) in [5.74, 6) is 2.70. The van der Waals surface area contributed by atoms with Crippen LogP contribution in [0.1, 0.15) is 19.4 Å². The highest BCUT2D eigenvalue weighted by molar-refractivity contribution is 5.85. The molecular formula is C22H25ClN6O2. The van der Waals surface area contributed by atoms with E-state index in [1.54, 1.807) is 30.8 Å². The highest BCUT2D eigenvalue weighted by Gasteiger charge is 2.53. The third kappa shape index (κ3) is 3.92. The van der Waals surface area contributed by atoms with Crippen molar-refractivity contribution in [3.8, 4) is 22.9 Å². The minimum Gasteiger partial charge on any atom is -0.489 e. The Bertz CT molecular complexity index is 1140. The van der Waals surface area contributed by atoms with Gasteiger partial charge in [-0.05, 0) is 43.9 Å². The first-order valence-corrected chi connectivity index (χ1v) is 10.1. The normalized spacial score (nSPS) is 22.0. The topological polar surface area (TPSA) is 113 Å². The number of pyridine rings is 2. The van der Waals surface area contributed by atoms with Gasteiger partial charge in [0.15, 0.2) is 0 Å². The van der Waals surface area contributed by atoms with Crippen molar-refractivity contribution in [2.75, 3.05) is 24.6 Å². The molecule has 0 radical (unpaired) electrons. The number of halogens is 1. The number of piperidine rings is 1. The van der Waals surface area contributed by atoms with Crippen LogP contribution in [0.3, 0.4) is 0 Å². The van der Waals surface area contributed by atoms with E-state index in [2.05, 4.69) is 21.1 Å². The second-order valence-corrected chi connectivity index (χ2v) is 8.87. The van der Waals surface area contributed by atoms with Gasteiger partial charge in [0.05, 0.1) is 29.1 Å². The molecule has 1 saturated carbocycles. The summed E-state index contributed by atoms with van der Waals surface area (Å²) < 4.78 is 7.42. The van der Waals surface area contributed by atoms with E-state index in [-0.39, 0.29) is 19.0 Å². The van der Waals surface area contributed by atoms with Gasteiger partial charge in [0.25, 0.3) is 0 Å². The van der Waals surface area contributed by atoms with Gasteiger partial charge in [0, 0.05) is 36.5 Å². The van der Waals surface area contributed by atoms with Gasteiger partial charge in [0.2, 0.25) is 0 Å². The van der Waals surface area contributed by atoms with E-state index in [1.165, 1.54) is 0 Å². The van der Waals surface area contributed by atoms with Crippen LogP contribution in [0.15, 0.2) is 36.8 Å². The molecule has 1 aliphatic heterocycles. The van der Waals surface area contributed by atoms with E-state index >= 15 is 0 Å². The first kappa shape index (κ1) is 21.4. The second-order valence-electron chi connectivity index (χ2n) is 8.87. The summed E-state index contributed by atoms with van der Waals surface area (Å²) in [4.78, 5) is 6.95. The molecule has 162 valence electrons. The summed E-state index contributed by atoms with van der Waals surface area (Å²) in [5.41, 5.74) is 7.95. The fraction of sp³-hybridized carbons (Fsp3) is 0.409. The average Bonchev–Trinajstić information content (AvgIpc) is 3.10. The van der Waals surface area contributed by atoms with E-state index in [0.29, 0.717) is 34.7 Å². The van der Waals surface area contributed by atoms with Crippen LogP contribution in [-0.2, 0) is 0 Å². The van der Waals surface area contributed by atoms with E-state index in [4.69, 9.17) is 10.5 Å². The van der Waals surface area contributed by atoms with Gasteiger partial charge < -0.3 is 20.5 Å². The third-order valence-electron chi connectivity index (χ3n) is 5.94. The maximum atomic E-state index is 9.98.